The maximum absolute atomic E-state index is 12.8. The molecule has 0 radical (unpaired) electrons. The number of aromatic amines is 1. The first kappa shape index (κ1) is 13.8. The van der Waals surface area contributed by atoms with Crippen molar-refractivity contribution in [2.24, 2.45) is 0 Å². The molecule has 1 N–H and O–H groups in total. The second kappa shape index (κ2) is 5.39. The molecule has 0 fully saturated rings. The number of nitrogens with one attached hydrogen (secondary N) is 1. The van der Waals surface area contributed by atoms with Crippen molar-refractivity contribution < 1.29 is 4.79 Å². The molecule has 3 heterocycles. The van der Waals surface area contributed by atoms with Gasteiger partial charge in [0.25, 0.3) is 5.91 Å². The van der Waals surface area contributed by atoms with Crippen molar-refractivity contribution in [2.45, 2.75) is 6.54 Å². The number of anilines is 1. The number of imidazole rings is 1. The van der Waals surface area contributed by atoms with Gasteiger partial charge in [0.1, 0.15) is 5.69 Å². The van der Waals surface area contributed by atoms with E-state index in [0.29, 0.717) is 24.4 Å². The Morgan fingerprint density at radius 3 is 2.96 bits per heavy atom. The van der Waals surface area contributed by atoms with Crippen LogP contribution in [0.5, 0.6) is 0 Å². The van der Waals surface area contributed by atoms with E-state index in [1.54, 1.807) is 12.4 Å². The predicted molar refractivity (Wildman–Crippen MR) is 88.3 cm³/mol. The number of likely N-dealkylation sites (N-methyl/N-ethyl adjacent to an activating group) is 1. The molecule has 0 atom stereocenters. The molecule has 3 aromatic rings. The number of nitrogens with zero attached hydrogens (tertiary/aromatic N) is 4. The van der Waals surface area contributed by atoms with Gasteiger partial charge in [-0.3, -0.25) is 4.79 Å². The molecule has 0 spiro atoms. The average molecular weight is 307 g/mol. The lowest BCUT2D eigenvalue weighted by Crippen LogP contribution is -2.34. The molecule has 1 aliphatic heterocycles. The van der Waals surface area contributed by atoms with E-state index in [-0.39, 0.29) is 5.91 Å². The smallest absolute Gasteiger partial charge is 0.272 e. The minimum atomic E-state index is -0.0556. The van der Waals surface area contributed by atoms with Crippen LogP contribution in [0.25, 0.3) is 11.2 Å². The van der Waals surface area contributed by atoms with Crippen molar-refractivity contribution in [1.82, 2.24) is 19.9 Å². The highest BCUT2D eigenvalue weighted by atomic mass is 16.2. The fourth-order valence-electron chi connectivity index (χ4n) is 2.97. The molecule has 6 heteroatoms. The summed E-state index contributed by atoms with van der Waals surface area (Å²) in [5, 5.41) is 0. The van der Waals surface area contributed by atoms with E-state index in [2.05, 4.69) is 39.0 Å². The van der Waals surface area contributed by atoms with E-state index in [4.69, 9.17) is 0 Å². The Morgan fingerprint density at radius 2 is 2.04 bits per heavy atom. The Kier molecular flexibility index (Phi) is 3.22. The zero-order valence-corrected chi connectivity index (χ0v) is 12.9. The molecule has 6 nitrogen and oxygen atoms in total. The molecule has 0 bridgehead atoms. The summed E-state index contributed by atoms with van der Waals surface area (Å²) in [5.74, 6) is -0.0556. The molecule has 1 aromatic carbocycles. The summed E-state index contributed by atoms with van der Waals surface area (Å²) >= 11 is 0. The van der Waals surface area contributed by atoms with Crippen LogP contribution in [-0.4, -0.2) is 45.9 Å². The lowest BCUT2D eigenvalue weighted by Gasteiger charge is -2.20. The Hall–Kier alpha value is -2.89. The van der Waals surface area contributed by atoms with Crippen LogP contribution in [-0.2, 0) is 6.54 Å². The highest BCUT2D eigenvalue weighted by molar-refractivity contribution is 5.94. The summed E-state index contributed by atoms with van der Waals surface area (Å²) in [7, 11) is 2.06. The first-order valence-corrected chi connectivity index (χ1v) is 7.61. The van der Waals surface area contributed by atoms with Crippen LogP contribution in [0.1, 0.15) is 16.1 Å². The Labute approximate surface area is 133 Å². The van der Waals surface area contributed by atoms with Crippen molar-refractivity contribution in [1.29, 1.82) is 0 Å². The van der Waals surface area contributed by atoms with Gasteiger partial charge < -0.3 is 14.8 Å². The van der Waals surface area contributed by atoms with Crippen LogP contribution in [0.4, 0.5) is 5.69 Å². The lowest BCUT2D eigenvalue weighted by molar-refractivity contribution is 0.0746. The fraction of sp³-hybridized carbons (Fsp3) is 0.235. The van der Waals surface area contributed by atoms with E-state index in [0.717, 1.165) is 17.6 Å². The van der Waals surface area contributed by atoms with Crippen molar-refractivity contribution in [3.8, 4) is 0 Å². The fourth-order valence-corrected chi connectivity index (χ4v) is 2.97. The molecule has 116 valence electrons. The van der Waals surface area contributed by atoms with E-state index in [1.165, 1.54) is 5.69 Å². The second-order valence-corrected chi connectivity index (χ2v) is 5.75. The summed E-state index contributed by atoms with van der Waals surface area (Å²) in [6.07, 6.45) is 1.59. The maximum atomic E-state index is 12.8. The van der Waals surface area contributed by atoms with Gasteiger partial charge in [-0.05, 0) is 23.8 Å². The second-order valence-electron chi connectivity index (χ2n) is 5.75. The molecule has 1 aliphatic rings. The Bertz CT molecular complexity index is 872. The van der Waals surface area contributed by atoms with Gasteiger partial charge in [-0.2, -0.15) is 0 Å². The first-order valence-electron chi connectivity index (χ1n) is 7.61. The average Bonchev–Trinajstić information content (AvgIpc) is 2.98. The summed E-state index contributed by atoms with van der Waals surface area (Å²) in [4.78, 5) is 28.4. The van der Waals surface area contributed by atoms with Crippen LogP contribution >= 0.6 is 0 Å². The SMILES string of the molecule is CN1CCN(C(=O)c2ccc3[nH]cnc3n2)Cc2ccccc21. The summed E-state index contributed by atoms with van der Waals surface area (Å²) in [6, 6.07) is 11.8. The number of amides is 1. The van der Waals surface area contributed by atoms with E-state index < -0.39 is 0 Å². The monoisotopic (exact) mass is 307 g/mol. The normalized spacial score (nSPS) is 14.7. The number of rotatable bonds is 1. The number of para-hydroxylation sites is 1. The molecule has 0 saturated heterocycles. The van der Waals surface area contributed by atoms with Gasteiger partial charge in [-0.15, -0.1) is 0 Å². The number of benzene rings is 1. The van der Waals surface area contributed by atoms with Gasteiger partial charge in [0.15, 0.2) is 5.65 Å². The molecule has 0 unspecified atom stereocenters. The third-order valence-electron chi connectivity index (χ3n) is 4.26. The number of carbonyl (C=O) groups excluding carboxylic acids is 1. The lowest BCUT2D eigenvalue weighted by atomic mass is 10.1. The van der Waals surface area contributed by atoms with Crippen LogP contribution in [0.15, 0.2) is 42.7 Å². The number of pyridine rings is 1. The zero-order chi connectivity index (χ0) is 15.8. The zero-order valence-electron chi connectivity index (χ0n) is 12.9. The quantitative estimate of drug-likeness (QED) is 0.747. The third-order valence-corrected chi connectivity index (χ3v) is 4.26. The molecule has 0 saturated carbocycles. The predicted octanol–water partition coefficient (Wildman–Crippen LogP) is 2.05. The van der Waals surface area contributed by atoms with Crippen molar-refractivity contribution >= 4 is 22.8 Å². The summed E-state index contributed by atoms with van der Waals surface area (Å²) in [5.41, 5.74) is 4.18. The molecular weight excluding hydrogens is 290 g/mol. The largest absolute Gasteiger partial charge is 0.373 e. The van der Waals surface area contributed by atoms with Gasteiger partial charge in [-0.1, -0.05) is 18.2 Å². The van der Waals surface area contributed by atoms with Crippen molar-refractivity contribution in [3.63, 3.8) is 0 Å². The molecule has 2 aromatic heterocycles. The van der Waals surface area contributed by atoms with Crippen LogP contribution in [0, 0.1) is 0 Å². The summed E-state index contributed by atoms with van der Waals surface area (Å²) in [6.45, 7) is 2.07. The molecule has 0 aliphatic carbocycles. The van der Waals surface area contributed by atoms with Crippen LogP contribution in [0.3, 0.4) is 0 Å². The number of hydrogen-bond donors (Lipinski definition) is 1. The van der Waals surface area contributed by atoms with E-state index in [1.807, 2.05) is 23.1 Å². The summed E-state index contributed by atoms with van der Waals surface area (Å²) < 4.78 is 0. The standard InChI is InChI=1S/C17H17N5O/c1-21-8-9-22(10-12-4-2-3-5-15(12)21)17(23)14-7-6-13-16(20-14)19-11-18-13/h2-7,11H,8-10H2,1H3,(H,18,19,20). The number of H-pyrrole nitrogens is 1. The van der Waals surface area contributed by atoms with Gasteiger partial charge >= 0.3 is 0 Å². The van der Waals surface area contributed by atoms with Gasteiger partial charge in [0, 0.05) is 32.4 Å². The molecule has 23 heavy (non-hydrogen) atoms. The molecule has 4 rings (SSSR count). The maximum Gasteiger partial charge on any atom is 0.272 e. The number of carbonyl (C=O) groups is 1. The first-order chi connectivity index (χ1) is 11.2. The minimum absolute atomic E-state index is 0.0556. The van der Waals surface area contributed by atoms with E-state index in [9.17, 15) is 4.79 Å². The van der Waals surface area contributed by atoms with E-state index >= 15 is 0 Å². The van der Waals surface area contributed by atoms with Crippen LogP contribution in [0.2, 0.25) is 0 Å². The van der Waals surface area contributed by atoms with Crippen molar-refractivity contribution in [2.75, 3.05) is 25.0 Å². The molecular formula is C17H17N5O. The Morgan fingerprint density at radius 1 is 1.17 bits per heavy atom. The number of aromatic nitrogens is 3. The number of hydrogen-bond acceptors (Lipinski definition) is 4. The Balaban J connectivity index is 1.66. The van der Waals surface area contributed by atoms with Gasteiger partial charge in [0.2, 0.25) is 0 Å². The highest BCUT2D eigenvalue weighted by Gasteiger charge is 2.23. The number of fused-ring (bicyclic) bond motifs is 2. The van der Waals surface area contributed by atoms with Crippen molar-refractivity contribution in [3.05, 3.63) is 54.0 Å². The molecule has 1 amide bonds. The topological polar surface area (TPSA) is 65.1 Å². The van der Waals surface area contributed by atoms with Gasteiger partial charge in [0.05, 0.1) is 11.8 Å². The third kappa shape index (κ3) is 2.42. The van der Waals surface area contributed by atoms with Crippen LogP contribution < -0.4 is 4.90 Å². The van der Waals surface area contributed by atoms with Gasteiger partial charge in [-0.25, -0.2) is 9.97 Å². The highest BCUT2D eigenvalue weighted by Crippen LogP contribution is 2.24. The minimum Gasteiger partial charge on any atom is -0.373 e.